The predicted octanol–water partition coefficient (Wildman–Crippen LogP) is 7.30. The largest absolute Gasteiger partial charge is 0.461 e. The number of allylic oxidation sites excluding steroid dienone is 1. The zero-order valence-electron chi connectivity index (χ0n) is 26.0. The number of fused-ring (bicyclic) bond motifs is 5. The second-order valence-corrected chi connectivity index (χ2v) is 15.1. The molecule has 0 spiro atoms. The van der Waals surface area contributed by atoms with Gasteiger partial charge in [-0.25, -0.2) is 0 Å². The van der Waals surface area contributed by atoms with Crippen LogP contribution in [-0.2, 0) is 16.0 Å². The highest BCUT2D eigenvalue weighted by Gasteiger charge is 2.59. The number of esters is 1. The molecule has 0 unspecified atom stereocenters. The van der Waals surface area contributed by atoms with Crippen LogP contribution in [0.1, 0.15) is 111 Å². The quantitative estimate of drug-likeness (QED) is 0.202. The first-order chi connectivity index (χ1) is 19.0. The summed E-state index contributed by atoms with van der Waals surface area (Å²) in [5, 5.41) is 0. The molecule has 0 heterocycles. The molecule has 40 heavy (non-hydrogen) atoms. The Kier molecular flexibility index (Phi) is 8.97. The number of hydrogen-bond acceptors (Lipinski definition) is 3. The first kappa shape index (κ1) is 29.9. The summed E-state index contributed by atoms with van der Waals surface area (Å²) in [6.45, 7) is 12.5. The third-order valence-electron chi connectivity index (χ3n) is 12.3. The molecule has 0 aromatic heterocycles. The van der Waals surface area contributed by atoms with Gasteiger partial charge in [0.05, 0.1) is 0 Å². The Bertz CT molecular complexity index is 1070. The van der Waals surface area contributed by atoms with Crippen LogP contribution in [0.5, 0.6) is 0 Å². The van der Waals surface area contributed by atoms with Crippen molar-refractivity contribution in [1.82, 2.24) is 0 Å². The normalized spacial score (nSPS) is 36.7. The van der Waals surface area contributed by atoms with Gasteiger partial charge >= 0.3 is 5.97 Å². The highest BCUT2D eigenvalue weighted by Crippen LogP contribution is 2.67. The number of hydrogen-bond donors (Lipinski definition) is 1. The fourth-order valence-electron chi connectivity index (χ4n) is 10.00. The van der Waals surface area contributed by atoms with Crippen LogP contribution in [-0.4, -0.2) is 26.0 Å². The topological polar surface area (TPSA) is 52.3 Å². The molecule has 0 bridgehead atoms. The Hall–Kier alpha value is -1.55. The molecule has 1 aromatic carbocycles. The fraction of sp³-hybridized carbons (Fsp3) is 0.750. The summed E-state index contributed by atoms with van der Waals surface area (Å²) in [4.78, 5) is 12.9. The van der Waals surface area contributed by atoms with Crippen LogP contribution in [0.4, 0.5) is 0 Å². The molecule has 2 radical (unpaired) electrons. The van der Waals surface area contributed by atoms with Crippen molar-refractivity contribution in [3.05, 3.63) is 41.5 Å². The zero-order valence-corrected chi connectivity index (χ0v) is 26.0. The Morgan fingerprint density at radius 3 is 2.50 bits per heavy atom. The highest BCUT2D eigenvalue weighted by atomic mass is 16.5. The zero-order chi connectivity index (χ0) is 28.7. The van der Waals surface area contributed by atoms with Crippen LogP contribution in [0.15, 0.2) is 35.9 Å². The molecule has 0 amide bonds. The van der Waals surface area contributed by atoms with Gasteiger partial charge in [-0.3, -0.25) is 4.79 Å². The molecule has 218 valence electrons. The van der Waals surface area contributed by atoms with Crippen molar-refractivity contribution in [2.24, 2.45) is 52.1 Å². The molecular formula is C36H54BNO2. The number of carbonyl (C=O) groups is 1. The van der Waals surface area contributed by atoms with Gasteiger partial charge in [0, 0.05) is 6.42 Å². The van der Waals surface area contributed by atoms with E-state index in [2.05, 4.69) is 40.7 Å². The average molecular weight is 544 g/mol. The summed E-state index contributed by atoms with van der Waals surface area (Å²) >= 11 is 0. The minimum absolute atomic E-state index is 0.0442. The van der Waals surface area contributed by atoms with Gasteiger partial charge in [-0.2, -0.15) is 0 Å². The maximum atomic E-state index is 12.9. The Morgan fingerprint density at radius 1 is 1.02 bits per heavy atom. The van der Waals surface area contributed by atoms with Gasteiger partial charge in [0.25, 0.3) is 0 Å². The molecule has 9 atom stereocenters. The van der Waals surface area contributed by atoms with Gasteiger partial charge in [-0.05, 0) is 103 Å². The summed E-state index contributed by atoms with van der Waals surface area (Å²) in [5.41, 5.74) is 10.3. The van der Waals surface area contributed by atoms with Gasteiger partial charge in [0.15, 0.2) is 0 Å². The highest BCUT2D eigenvalue weighted by molar-refractivity contribution is 6.32. The van der Waals surface area contributed by atoms with E-state index >= 15 is 0 Å². The van der Waals surface area contributed by atoms with Gasteiger partial charge in [-0.1, -0.05) is 95.3 Å². The van der Waals surface area contributed by atoms with Crippen molar-refractivity contribution in [2.45, 2.75) is 124 Å². The maximum absolute atomic E-state index is 12.9. The number of ether oxygens (including phenoxy) is 1. The van der Waals surface area contributed by atoms with E-state index in [0.29, 0.717) is 11.8 Å². The second-order valence-electron chi connectivity index (χ2n) is 15.1. The van der Waals surface area contributed by atoms with Crippen molar-refractivity contribution in [2.75, 3.05) is 0 Å². The van der Waals surface area contributed by atoms with Crippen LogP contribution in [0.3, 0.4) is 0 Å². The van der Waals surface area contributed by atoms with E-state index in [1.54, 1.807) is 5.57 Å². The monoisotopic (exact) mass is 543 g/mol. The van der Waals surface area contributed by atoms with Crippen LogP contribution in [0.25, 0.3) is 0 Å². The number of carbonyl (C=O) groups excluding carboxylic acids is 1. The standard InChI is InChI=1S/C36H54BNO2/c1-23(2)7-6-8-24(3)30-15-16-31-29-14-11-26-22-28(17-19-35(26,4)32(29)18-20-36(30,31)5)40-34(39)33(38)21-25-9-12-27(37)13-10-25/h9-13,23-24,28-33H,6-8,14-22,38H2,1-5H3/t24-,28+,29+,30-,31+,32+,33+,35+,36-/m1/s1. The van der Waals surface area contributed by atoms with Gasteiger partial charge in [-0.15, -0.1) is 0 Å². The molecule has 0 aliphatic heterocycles. The molecule has 1 aromatic rings. The summed E-state index contributed by atoms with van der Waals surface area (Å²) < 4.78 is 6.02. The number of rotatable bonds is 9. The lowest BCUT2D eigenvalue weighted by Crippen LogP contribution is -2.51. The minimum atomic E-state index is -0.638. The van der Waals surface area contributed by atoms with E-state index < -0.39 is 6.04 Å². The molecule has 3 nitrogen and oxygen atoms in total. The van der Waals surface area contributed by atoms with E-state index in [1.165, 1.54) is 51.4 Å². The predicted molar refractivity (Wildman–Crippen MR) is 166 cm³/mol. The SMILES string of the molecule is [B]c1ccc(C[C@H](N)C(=O)O[C@H]2CC[C@@]3(C)C(=CC[C@H]4[C@@H]5CC[C@H]([C@H](C)CCCC(C)C)[C@@]5(C)CC[C@@H]43)C2)cc1. The van der Waals surface area contributed by atoms with Crippen LogP contribution in [0.2, 0.25) is 0 Å². The third-order valence-corrected chi connectivity index (χ3v) is 12.3. The van der Waals surface area contributed by atoms with E-state index in [1.807, 2.05) is 24.3 Å². The van der Waals surface area contributed by atoms with Crippen LogP contribution in [0, 0.1) is 46.3 Å². The minimum Gasteiger partial charge on any atom is -0.461 e. The maximum Gasteiger partial charge on any atom is 0.323 e. The van der Waals surface area contributed by atoms with Crippen molar-refractivity contribution in [3.8, 4) is 0 Å². The number of nitrogens with two attached hydrogens (primary N) is 1. The van der Waals surface area contributed by atoms with Crippen molar-refractivity contribution < 1.29 is 9.53 Å². The van der Waals surface area contributed by atoms with Gasteiger partial charge < -0.3 is 10.5 Å². The van der Waals surface area contributed by atoms with E-state index in [4.69, 9.17) is 18.3 Å². The average Bonchev–Trinajstić information content (AvgIpc) is 3.27. The lowest BCUT2D eigenvalue weighted by atomic mass is 9.47. The van der Waals surface area contributed by atoms with Crippen LogP contribution < -0.4 is 11.2 Å². The summed E-state index contributed by atoms with van der Waals surface area (Å²) in [6.07, 6.45) is 17.0. The molecule has 4 heteroatoms. The van der Waals surface area contributed by atoms with Crippen LogP contribution >= 0.6 is 0 Å². The fourth-order valence-corrected chi connectivity index (χ4v) is 10.00. The van der Waals surface area contributed by atoms with Crippen molar-refractivity contribution in [3.63, 3.8) is 0 Å². The molecule has 4 aliphatic carbocycles. The Labute approximate surface area is 245 Å². The third kappa shape index (κ3) is 5.86. The lowest BCUT2D eigenvalue weighted by molar-refractivity contribution is -0.153. The molecular weight excluding hydrogens is 489 g/mol. The Balaban J connectivity index is 1.20. The van der Waals surface area contributed by atoms with E-state index in [0.717, 1.165) is 65.8 Å². The molecule has 2 N–H and O–H groups in total. The van der Waals surface area contributed by atoms with Gasteiger partial charge in [0.1, 0.15) is 20.0 Å². The summed E-state index contributed by atoms with van der Waals surface area (Å²) in [6, 6.07) is 6.94. The first-order valence-electron chi connectivity index (χ1n) is 16.5. The smallest absolute Gasteiger partial charge is 0.323 e. The first-order valence-corrected chi connectivity index (χ1v) is 16.5. The summed E-state index contributed by atoms with van der Waals surface area (Å²) in [7, 11) is 5.79. The van der Waals surface area contributed by atoms with Gasteiger partial charge in [0.2, 0.25) is 0 Å². The lowest BCUT2D eigenvalue weighted by Gasteiger charge is -2.58. The molecule has 5 rings (SSSR count). The molecule has 0 saturated heterocycles. The van der Waals surface area contributed by atoms with E-state index in [9.17, 15) is 4.79 Å². The van der Waals surface area contributed by atoms with Crippen molar-refractivity contribution >= 4 is 19.3 Å². The molecule has 3 saturated carbocycles. The van der Waals surface area contributed by atoms with E-state index in [-0.39, 0.29) is 17.5 Å². The molecule has 3 fully saturated rings. The second kappa shape index (κ2) is 12.0. The number of benzene rings is 1. The van der Waals surface area contributed by atoms with Crippen molar-refractivity contribution in [1.29, 1.82) is 0 Å². The summed E-state index contributed by atoms with van der Waals surface area (Å²) in [5.74, 6) is 4.79. The Morgan fingerprint density at radius 2 is 1.77 bits per heavy atom. The molecule has 4 aliphatic rings.